The van der Waals surface area contributed by atoms with E-state index in [1.54, 1.807) is 6.20 Å². The molecule has 0 saturated heterocycles. The summed E-state index contributed by atoms with van der Waals surface area (Å²) in [5, 5.41) is 15.2. The Morgan fingerprint density at radius 2 is 1.30 bits per heavy atom. The summed E-state index contributed by atoms with van der Waals surface area (Å²) in [5.41, 5.74) is 4.61. The molecule has 3 heterocycles. The minimum absolute atomic E-state index is 0.361. The Morgan fingerprint density at radius 1 is 0.532 bits per heavy atom. The van der Waals surface area contributed by atoms with Crippen LogP contribution in [0.2, 0.25) is 0 Å². The van der Waals surface area contributed by atoms with Crippen molar-refractivity contribution >= 4 is 76.7 Å². The van der Waals surface area contributed by atoms with E-state index in [1.165, 1.54) is 32.3 Å². The van der Waals surface area contributed by atoms with Crippen molar-refractivity contribution in [3.8, 4) is 0 Å². The van der Waals surface area contributed by atoms with Crippen LogP contribution in [-0.4, -0.2) is 16.7 Å². The predicted molar refractivity (Wildman–Crippen MR) is 193 cm³/mol. The molecule has 0 saturated carbocycles. The Bertz CT molecular complexity index is 2790. The Labute approximate surface area is 269 Å². The summed E-state index contributed by atoms with van der Waals surface area (Å²) in [6.45, 7) is 0. The van der Waals surface area contributed by atoms with Gasteiger partial charge in [-0.05, 0) is 61.5 Å². The topological polar surface area (TPSA) is 62.8 Å². The molecule has 220 valence electrons. The summed E-state index contributed by atoms with van der Waals surface area (Å²) in [6.07, 6.45) is 3.26. The first-order chi connectivity index (χ1) is 23.3. The Kier molecular flexibility index (Phi) is 5.57. The Hall–Kier alpha value is -6.33. The number of nitrogens with zero attached hydrogens (tertiary/aromatic N) is 3. The molecule has 0 radical (unpaired) electrons. The van der Waals surface area contributed by atoms with E-state index < -0.39 is 0 Å². The van der Waals surface area contributed by atoms with Crippen LogP contribution < -0.4 is 5.32 Å². The molecule has 9 aromatic rings. The van der Waals surface area contributed by atoms with E-state index in [2.05, 4.69) is 126 Å². The lowest BCUT2D eigenvalue weighted by molar-refractivity contribution is 0.667. The van der Waals surface area contributed by atoms with Crippen molar-refractivity contribution in [3.63, 3.8) is 0 Å². The first-order valence-corrected chi connectivity index (χ1v) is 15.8. The van der Waals surface area contributed by atoms with Gasteiger partial charge in [-0.2, -0.15) is 0 Å². The molecule has 0 aliphatic carbocycles. The molecule has 1 atom stereocenters. The first kappa shape index (κ1) is 25.9. The van der Waals surface area contributed by atoms with Crippen LogP contribution in [0, 0.1) is 0 Å². The van der Waals surface area contributed by atoms with E-state index in [1.807, 2.05) is 24.4 Å². The maximum Gasteiger partial charge on any atom is 0.160 e. The number of nitrogens with one attached hydrogen (secondary N) is 1. The van der Waals surface area contributed by atoms with Crippen molar-refractivity contribution in [2.24, 2.45) is 9.98 Å². The summed E-state index contributed by atoms with van der Waals surface area (Å²) in [5.74, 6) is 1.43. The molecule has 1 aliphatic heterocycles. The lowest BCUT2D eigenvalue weighted by atomic mass is 9.94. The fourth-order valence-electron chi connectivity index (χ4n) is 7.19. The molecule has 10 rings (SSSR count). The molecule has 1 aliphatic rings. The standard InChI is InChI=1S/C42H26N4O/c1-2-9-28-23-29(16-15-25(28)7-1)40-44-41(46-42(45-40)34-13-6-14-37-39(34)35-24-43-22-21-36(35)47-37)33-12-5-10-27-18-19-31-30-11-4-3-8-26(30)17-20-32(31)38(27)33/h1-24,40H,(H,44,45,46). The van der Waals surface area contributed by atoms with Gasteiger partial charge in [-0.15, -0.1) is 0 Å². The minimum Gasteiger partial charge on any atom is -0.456 e. The molecule has 0 amide bonds. The summed E-state index contributed by atoms with van der Waals surface area (Å²) >= 11 is 0. The van der Waals surface area contributed by atoms with Crippen molar-refractivity contribution in [3.05, 3.63) is 163 Å². The maximum absolute atomic E-state index is 6.24. The SMILES string of the molecule is c1ccc2cc(C3N=C(c4cccc5ccc6c7ccccc7ccc6c45)N=C(c4cccc5oc6ccncc6c45)N3)ccc2c1. The molecule has 1 unspecified atom stereocenters. The smallest absolute Gasteiger partial charge is 0.160 e. The molecular weight excluding hydrogens is 576 g/mol. The van der Waals surface area contributed by atoms with Crippen molar-refractivity contribution < 1.29 is 4.42 Å². The third kappa shape index (κ3) is 4.07. The first-order valence-electron chi connectivity index (χ1n) is 15.8. The van der Waals surface area contributed by atoms with Gasteiger partial charge in [0.2, 0.25) is 0 Å². The largest absolute Gasteiger partial charge is 0.456 e. The number of hydrogen-bond acceptors (Lipinski definition) is 5. The van der Waals surface area contributed by atoms with Gasteiger partial charge in [-0.3, -0.25) is 4.98 Å². The average Bonchev–Trinajstić information content (AvgIpc) is 3.53. The lowest BCUT2D eigenvalue weighted by Gasteiger charge is -2.25. The molecule has 1 N–H and O–H groups in total. The van der Waals surface area contributed by atoms with Gasteiger partial charge in [0.25, 0.3) is 0 Å². The Morgan fingerprint density at radius 3 is 2.26 bits per heavy atom. The van der Waals surface area contributed by atoms with Crippen LogP contribution in [0.3, 0.4) is 0 Å². The summed E-state index contributed by atoms with van der Waals surface area (Å²) in [6, 6.07) is 46.9. The van der Waals surface area contributed by atoms with Crippen molar-refractivity contribution in [2.75, 3.05) is 0 Å². The van der Waals surface area contributed by atoms with Crippen LogP contribution in [-0.2, 0) is 0 Å². The normalized spacial score (nSPS) is 15.0. The quantitative estimate of drug-likeness (QED) is 0.205. The third-order valence-electron chi connectivity index (χ3n) is 9.39. The van der Waals surface area contributed by atoms with Gasteiger partial charge in [0, 0.05) is 39.7 Å². The zero-order chi connectivity index (χ0) is 30.9. The molecule has 7 aromatic carbocycles. The number of aliphatic imine (C=N–C) groups is 2. The van der Waals surface area contributed by atoms with E-state index in [9.17, 15) is 0 Å². The fraction of sp³-hybridized carbons (Fsp3) is 0.0238. The van der Waals surface area contributed by atoms with Crippen LogP contribution in [0.15, 0.2) is 160 Å². The van der Waals surface area contributed by atoms with E-state index in [-0.39, 0.29) is 6.17 Å². The summed E-state index contributed by atoms with van der Waals surface area (Å²) in [7, 11) is 0. The maximum atomic E-state index is 6.24. The van der Waals surface area contributed by atoms with Gasteiger partial charge in [0.15, 0.2) is 5.84 Å². The van der Waals surface area contributed by atoms with Crippen LogP contribution in [0.5, 0.6) is 0 Å². The predicted octanol–water partition coefficient (Wildman–Crippen LogP) is 10.1. The molecule has 5 heteroatoms. The second-order valence-corrected chi connectivity index (χ2v) is 12.1. The fourth-order valence-corrected chi connectivity index (χ4v) is 7.19. The second-order valence-electron chi connectivity index (χ2n) is 12.1. The molecule has 2 aromatic heterocycles. The van der Waals surface area contributed by atoms with Gasteiger partial charge in [-0.1, -0.05) is 115 Å². The van der Waals surface area contributed by atoms with Gasteiger partial charge >= 0.3 is 0 Å². The molecular formula is C42H26N4O. The number of amidine groups is 2. The molecule has 47 heavy (non-hydrogen) atoms. The van der Waals surface area contributed by atoms with E-state index in [0.29, 0.717) is 5.84 Å². The Balaban J connectivity index is 1.24. The molecule has 0 fully saturated rings. The molecule has 0 spiro atoms. The zero-order valence-electron chi connectivity index (χ0n) is 25.2. The number of aromatic nitrogens is 1. The molecule has 5 nitrogen and oxygen atoms in total. The molecule has 0 bridgehead atoms. The number of hydrogen-bond donors (Lipinski definition) is 1. The highest BCUT2D eigenvalue weighted by Gasteiger charge is 2.25. The number of rotatable bonds is 3. The summed E-state index contributed by atoms with van der Waals surface area (Å²) < 4.78 is 6.24. The van der Waals surface area contributed by atoms with Gasteiger partial charge in [0.05, 0.1) is 0 Å². The van der Waals surface area contributed by atoms with Crippen LogP contribution in [0.25, 0.3) is 65.0 Å². The van der Waals surface area contributed by atoms with Crippen LogP contribution in [0.4, 0.5) is 0 Å². The van der Waals surface area contributed by atoms with Gasteiger partial charge in [0.1, 0.15) is 23.2 Å². The van der Waals surface area contributed by atoms with Crippen molar-refractivity contribution in [1.82, 2.24) is 10.3 Å². The third-order valence-corrected chi connectivity index (χ3v) is 9.39. The van der Waals surface area contributed by atoms with Crippen LogP contribution in [0.1, 0.15) is 22.9 Å². The number of pyridine rings is 1. The lowest BCUT2D eigenvalue weighted by Crippen LogP contribution is -2.33. The minimum atomic E-state index is -0.361. The van der Waals surface area contributed by atoms with E-state index in [0.717, 1.165) is 55.2 Å². The van der Waals surface area contributed by atoms with Crippen LogP contribution >= 0.6 is 0 Å². The number of fused-ring (bicyclic) bond motifs is 9. The van der Waals surface area contributed by atoms with Crippen molar-refractivity contribution in [2.45, 2.75) is 6.17 Å². The van der Waals surface area contributed by atoms with E-state index in [4.69, 9.17) is 14.4 Å². The van der Waals surface area contributed by atoms with Crippen molar-refractivity contribution in [1.29, 1.82) is 0 Å². The van der Waals surface area contributed by atoms with Gasteiger partial charge < -0.3 is 9.73 Å². The highest BCUT2D eigenvalue weighted by Crippen LogP contribution is 2.36. The highest BCUT2D eigenvalue weighted by atomic mass is 16.3. The zero-order valence-corrected chi connectivity index (χ0v) is 25.2. The van der Waals surface area contributed by atoms with Gasteiger partial charge in [-0.25, -0.2) is 9.98 Å². The van der Waals surface area contributed by atoms with E-state index >= 15 is 0 Å². The summed E-state index contributed by atoms with van der Waals surface area (Å²) in [4.78, 5) is 15.1. The second kappa shape index (κ2) is 10.1. The highest BCUT2D eigenvalue weighted by molar-refractivity contribution is 6.27. The number of benzene rings is 7. The monoisotopic (exact) mass is 602 g/mol. The number of furan rings is 1. The average molecular weight is 603 g/mol.